The van der Waals surface area contributed by atoms with Crippen molar-refractivity contribution in [3.05, 3.63) is 167 Å². The molecule has 5 aromatic carbocycles. The summed E-state index contributed by atoms with van der Waals surface area (Å²) in [5, 5.41) is 10.7. The van der Waals surface area contributed by atoms with Crippen LogP contribution in [-0.4, -0.2) is 76.0 Å². The number of aliphatic hydroxyl groups excluding tert-OH is 1. The maximum absolute atomic E-state index is 10.7. The zero-order valence-electron chi connectivity index (χ0n) is 32.0. The second-order valence-electron chi connectivity index (χ2n) is 13.5. The van der Waals surface area contributed by atoms with Gasteiger partial charge in [-0.1, -0.05) is 115 Å². The molecule has 1 fully saturated rings. The van der Waals surface area contributed by atoms with E-state index < -0.39 is 36.8 Å². The van der Waals surface area contributed by atoms with Gasteiger partial charge in [-0.05, 0) is 52.1 Å². The molecule has 6 rings (SSSR count). The lowest BCUT2D eigenvalue weighted by Crippen LogP contribution is -2.62. The minimum Gasteiger partial charge on any atom is -0.497 e. The number of methoxy groups -OCH3 is 2. The summed E-state index contributed by atoms with van der Waals surface area (Å²) in [5.41, 5.74) is 4.92. The Labute approximate surface area is 329 Å². The highest BCUT2D eigenvalue weighted by molar-refractivity contribution is 5.27. The third-order valence-electron chi connectivity index (χ3n) is 9.45. The number of aliphatic hydroxyl groups is 1. The van der Waals surface area contributed by atoms with Crippen LogP contribution in [0.5, 0.6) is 11.5 Å². The van der Waals surface area contributed by atoms with E-state index in [4.69, 9.17) is 42.6 Å². The van der Waals surface area contributed by atoms with Crippen molar-refractivity contribution in [1.29, 1.82) is 0 Å². The Morgan fingerprint density at radius 1 is 0.482 bits per heavy atom. The summed E-state index contributed by atoms with van der Waals surface area (Å²) >= 11 is 0. The number of hydrogen-bond acceptors (Lipinski definition) is 10. The van der Waals surface area contributed by atoms with Crippen molar-refractivity contribution in [2.75, 3.05) is 34.0 Å². The lowest BCUT2D eigenvalue weighted by Gasteiger charge is -2.45. The van der Waals surface area contributed by atoms with Crippen LogP contribution in [0.1, 0.15) is 27.8 Å². The van der Waals surface area contributed by atoms with Crippen LogP contribution < -0.4 is 9.47 Å². The predicted molar refractivity (Wildman–Crippen MR) is 211 cm³/mol. The van der Waals surface area contributed by atoms with Crippen LogP contribution >= 0.6 is 0 Å². The van der Waals surface area contributed by atoms with Gasteiger partial charge in [0, 0.05) is 0 Å². The van der Waals surface area contributed by atoms with Crippen LogP contribution in [0.15, 0.2) is 140 Å². The normalized spacial score (nSPS) is 20.0. The summed E-state index contributed by atoms with van der Waals surface area (Å²) in [5.74, 6) is 1.54. The molecule has 0 bridgehead atoms. The highest BCUT2D eigenvalue weighted by Gasteiger charge is 2.49. The smallest absolute Gasteiger partial charge is 0.187 e. The van der Waals surface area contributed by atoms with E-state index in [1.54, 1.807) is 14.2 Å². The summed E-state index contributed by atoms with van der Waals surface area (Å²) < 4.78 is 56.2. The molecule has 1 heterocycles. The Hall–Kier alpha value is -4.62. The van der Waals surface area contributed by atoms with Crippen molar-refractivity contribution < 1.29 is 47.7 Å². The van der Waals surface area contributed by atoms with Crippen LogP contribution in [-0.2, 0) is 66.2 Å². The third kappa shape index (κ3) is 12.4. The van der Waals surface area contributed by atoms with Gasteiger partial charge >= 0.3 is 0 Å². The predicted octanol–water partition coefficient (Wildman–Crippen LogP) is 7.30. The fourth-order valence-corrected chi connectivity index (χ4v) is 6.34. The number of benzene rings is 5. The van der Waals surface area contributed by atoms with Crippen LogP contribution in [0.25, 0.3) is 0 Å². The van der Waals surface area contributed by atoms with Gasteiger partial charge in [0.2, 0.25) is 0 Å². The topological polar surface area (TPSA) is 103 Å². The summed E-state index contributed by atoms with van der Waals surface area (Å²) in [7, 11) is 3.28. The second-order valence-corrected chi connectivity index (χ2v) is 13.5. The molecule has 5 aromatic rings. The molecule has 1 N–H and O–H groups in total. The van der Waals surface area contributed by atoms with Crippen molar-refractivity contribution in [2.45, 2.75) is 69.8 Å². The highest BCUT2D eigenvalue weighted by atomic mass is 16.7. The second kappa shape index (κ2) is 22.2. The van der Waals surface area contributed by atoms with Crippen molar-refractivity contribution in [3.63, 3.8) is 0 Å². The molecule has 0 radical (unpaired) electrons. The zero-order valence-corrected chi connectivity index (χ0v) is 32.0. The molecule has 56 heavy (non-hydrogen) atoms. The van der Waals surface area contributed by atoms with Gasteiger partial charge in [-0.3, -0.25) is 0 Å². The lowest BCUT2D eigenvalue weighted by atomic mass is 9.98. The summed E-state index contributed by atoms with van der Waals surface area (Å²) in [4.78, 5) is 0. The average molecular weight is 765 g/mol. The van der Waals surface area contributed by atoms with E-state index >= 15 is 0 Å². The standard InChI is InChI=1S/C46H52O10/c1-48-39-22-18-37(19-23-39)27-50-32-41(51-28-38-20-24-40(49-2)25-21-38)33-55-46-45(54-31-36-16-10-5-11-17-36)44(53-30-35-14-8-4-9-15-35)43(42(26-47)56-46)52-29-34-12-6-3-7-13-34/h3-25,41-47H,26-33H2,1-2H3/t41-,42+,43-,44-,45+,46+/m0/s1. The fourth-order valence-electron chi connectivity index (χ4n) is 6.34. The van der Waals surface area contributed by atoms with E-state index in [1.807, 2.05) is 140 Å². The van der Waals surface area contributed by atoms with Gasteiger partial charge in [0.1, 0.15) is 42.0 Å². The van der Waals surface area contributed by atoms with Crippen LogP contribution in [0.3, 0.4) is 0 Å². The Morgan fingerprint density at radius 3 is 1.41 bits per heavy atom. The summed E-state index contributed by atoms with van der Waals surface area (Å²) in [6, 6.07) is 45.2. The first-order valence-corrected chi connectivity index (χ1v) is 18.9. The molecule has 10 nitrogen and oxygen atoms in total. The van der Waals surface area contributed by atoms with E-state index in [0.29, 0.717) is 26.4 Å². The molecule has 0 unspecified atom stereocenters. The fraction of sp³-hybridized carbons (Fsp3) is 0.348. The molecule has 0 saturated carbocycles. The third-order valence-corrected chi connectivity index (χ3v) is 9.45. The molecule has 296 valence electrons. The van der Waals surface area contributed by atoms with Crippen molar-refractivity contribution in [1.82, 2.24) is 0 Å². The zero-order chi connectivity index (χ0) is 38.8. The van der Waals surface area contributed by atoms with Gasteiger partial charge in [-0.15, -0.1) is 0 Å². The highest BCUT2D eigenvalue weighted by Crippen LogP contribution is 2.31. The van der Waals surface area contributed by atoms with E-state index in [9.17, 15) is 5.11 Å². The maximum atomic E-state index is 10.7. The van der Waals surface area contributed by atoms with E-state index in [0.717, 1.165) is 39.3 Å². The van der Waals surface area contributed by atoms with Gasteiger partial charge < -0.3 is 47.7 Å². The van der Waals surface area contributed by atoms with Crippen molar-refractivity contribution in [3.8, 4) is 11.5 Å². The van der Waals surface area contributed by atoms with Crippen molar-refractivity contribution >= 4 is 0 Å². The molecule has 0 aliphatic carbocycles. The molecule has 10 heteroatoms. The molecule has 0 amide bonds. The van der Waals surface area contributed by atoms with Crippen LogP contribution in [0.2, 0.25) is 0 Å². The Kier molecular flexibility index (Phi) is 16.3. The molecule has 1 aliphatic heterocycles. The van der Waals surface area contributed by atoms with Gasteiger partial charge in [0.05, 0.1) is 67.1 Å². The first-order valence-electron chi connectivity index (χ1n) is 18.9. The maximum Gasteiger partial charge on any atom is 0.187 e. The van der Waals surface area contributed by atoms with Crippen LogP contribution in [0, 0.1) is 0 Å². The minimum absolute atomic E-state index is 0.105. The molecule has 6 atom stereocenters. The minimum atomic E-state index is -0.943. The average Bonchev–Trinajstić information content (AvgIpc) is 3.26. The van der Waals surface area contributed by atoms with Gasteiger partial charge in [-0.25, -0.2) is 0 Å². The lowest BCUT2D eigenvalue weighted by molar-refractivity contribution is -0.330. The first kappa shape index (κ1) is 41.0. The monoisotopic (exact) mass is 764 g/mol. The number of ether oxygens (including phenoxy) is 9. The largest absolute Gasteiger partial charge is 0.497 e. The molecule has 1 saturated heterocycles. The summed E-state index contributed by atoms with van der Waals surface area (Å²) in [6.45, 7) is 1.58. The SMILES string of the molecule is COc1ccc(COC[C@@H](CO[C@@H]2O[C@H](CO)[C@H](OCc3ccccc3)[C@H](OCc3ccccc3)[C@H]2OCc2ccccc2)OCc2ccc(OC)cc2)cc1. The van der Waals surface area contributed by atoms with E-state index in [2.05, 4.69) is 0 Å². The van der Waals surface area contributed by atoms with Crippen molar-refractivity contribution in [2.24, 2.45) is 0 Å². The quantitative estimate of drug-likeness (QED) is 0.0773. The Bertz CT molecular complexity index is 1790. The number of rotatable bonds is 22. The number of hydrogen-bond donors (Lipinski definition) is 1. The molecular weight excluding hydrogens is 712 g/mol. The van der Waals surface area contributed by atoms with E-state index in [-0.39, 0.29) is 26.4 Å². The Balaban J connectivity index is 1.22. The van der Waals surface area contributed by atoms with Gasteiger partial charge in [0.25, 0.3) is 0 Å². The van der Waals surface area contributed by atoms with Gasteiger partial charge in [-0.2, -0.15) is 0 Å². The molecule has 1 aliphatic rings. The molecule has 0 spiro atoms. The molecular formula is C46H52O10. The molecule has 0 aromatic heterocycles. The van der Waals surface area contributed by atoms with Crippen LogP contribution in [0.4, 0.5) is 0 Å². The first-order chi connectivity index (χ1) is 27.6. The Morgan fingerprint density at radius 2 is 0.929 bits per heavy atom. The van der Waals surface area contributed by atoms with E-state index in [1.165, 1.54) is 0 Å². The summed E-state index contributed by atoms with van der Waals surface area (Å²) in [6.07, 6.45) is -4.31. The van der Waals surface area contributed by atoms with Gasteiger partial charge in [0.15, 0.2) is 6.29 Å².